The molecule has 120 valence electrons. The Hall–Kier alpha value is -0.900. The highest BCUT2D eigenvalue weighted by molar-refractivity contribution is 5.22. The van der Waals surface area contributed by atoms with Gasteiger partial charge < -0.3 is 14.5 Å². The fourth-order valence-corrected chi connectivity index (χ4v) is 1.93. The van der Waals surface area contributed by atoms with Crippen molar-refractivity contribution < 1.29 is 4.74 Å². The van der Waals surface area contributed by atoms with Crippen LogP contribution in [0.1, 0.15) is 38.8 Å². The predicted octanol–water partition coefficient (Wildman–Crippen LogP) is 3.39. The Labute approximate surface area is 130 Å². The van der Waals surface area contributed by atoms with E-state index in [4.69, 9.17) is 4.74 Å². The molecule has 3 heteroatoms. The van der Waals surface area contributed by atoms with Gasteiger partial charge in [0, 0.05) is 19.6 Å². The highest BCUT2D eigenvalue weighted by Crippen LogP contribution is 2.13. The lowest BCUT2D eigenvalue weighted by molar-refractivity contribution is -0.0149. The van der Waals surface area contributed by atoms with Crippen LogP contribution >= 0.6 is 0 Å². The van der Waals surface area contributed by atoms with Gasteiger partial charge in [0.2, 0.25) is 0 Å². The maximum absolute atomic E-state index is 5.80. The van der Waals surface area contributed by atoms with E-state index < -0.39 is 0 Å². The molecule has 0 radical (unpaired) electrons. The maximum atomic E-state index is 5.80. The van der Waals surface area contributed by atoms with Crippen molar-refractivity contribution in [3.05, 3.63) is 35.4 Å². The van der Waals surface area contributed by atoms with E-state index in [9.17, 15) is 0 Å². The molecule has 0 aliphatic carbocycles. The summed E-state index contributed by atoms with van der Waals surface area (Å²) in [4.78, 5) is 4.70. The van der Waals surface area contributed by atoms with Gasteiger partial charge in [0.15, 0.2) is 0 Å². The van der Waals surface area contributed by atoms with E-state index in [0.29, 0.717) is 6.61 Å². The van der Waals surface area contributed by atoms with Crippen LogP contribution in [0.3, 0.4) is 0 Å². The second-order valence-corrected chi connectivity index (χ2v) is 6.85. The van der Waals surface area contributed by atoms with E-state index in [0.717, 1.165) is 26.2 Å². The molecule has 0 atom stereocenters. The highest BCUT2D eigenvalue weighted by Gasteiger charge is 2.10. The Bertz CT molecular complexity index is 395. The number of nitrogens with zero attached hydrogens (tertiary/aromatic N) is 2. The second kappa shape index (κ2) is 8.52. The Kier molecular flexibility index (Phi) is 7.36. The van der Waals surface area contributed by atoms with Gasteiger partial charge in [0.25, 0.3) is 0 Å². The van der Waals surface area contributed by atoms with E-state index >= 15 is 0 Å². The molecule has 0 saturated heterocycles. The Balaban J connectivity index is 2.40. The van der Waals surface area contributed by atoms with Crippen molar-refractivity contribution in [3.63, 3.8) is 0 Å². The molecule has 0 heterocycles. The fraction of sp³-hybridized carbons (Fsp3) is 0.667. The lowest BCUT2D eigenvalue weighted by Gasteiger charge is -2.21. The molecule has 0 aromatic heterocycles. The average molecular weight is 292 g/mol. The molecular weight excluding hydrogens is 260 g/mol. The van der Waals surface area contributed by atoms with Crippen LogP contribution in [-0.4, -0.2) is 49.1 Å². The molecule has 3 nitrogen and oxygen atoms in total. The van der Waals surface area contributed by atoms with Gasteiger partial charge in [-0.25, -0.2) is 0 Å². The monoisotopic (exact) mass is 292 g/mol. The summed E-state index contributed by atoms with van der Waals surface area (Å²) in [6.07, 6.45) is 0. The van der Waals surface area contributed by atoms with Crippen LogP contribution in [0, 0.1) is 0 Å². The lowest BCUT2D eigenvalue weighted by Crippen LogP contribution is -2.30. The van der Waals surface area contributed by atoms with Crippen LogP contribution in [-0.2, 0) is 17.9 Å². The maximum Gasteiger partial charge on any atom is 0.0724 e. The van der Waals surface area contributed by atoms with E-state index in [1.807, 2.05) is 0 Å². The minimum atomic E-state index is -0.0792. The van der Waals surface area contributed by atoms with Crippen LogP contribution < -0.4 is 0 Å². The molecule has 0 fully saturated rings. The van der Waals surface area contributed by atoms with Crippen molar-refractivity contribution in [1.82, 2.24) is 9.80 Å². The molecule has 0 unspecified atom stereocenters. The molecule has 0 amide bonds. The third-order valence-electron chi connectivity index (χ3n) is 3.55. The van der Waals surface area contributed by atoms with E-state index in [1.165, 1.54) is 11.1 Å². The van der Waals surface area contributed by atoms with Gasteiger partial charge in [-0.2, -0.15) is 0 Å². The van der Waals surface area contributed by atoms with Gasteiger partial charge in [-0.15, -0.1) is 0 Å². The SMILES string of the molecule is CCN(C)CCN(C)Cc1ccc(COC(C)(C)C)cc1. The molecule has 1 aromatic carbocycles. The van der Waals surface area contributed by atoms with Crippen LogP contribution in [0.2, 0.25) is 0 Å². The van der Waals surface area contributed by atoms with Crippen molar-refractivity contribution >= 4 is 0 Å². The third-order valence-corrected chi connectivity index (χ3v) is 3.55. The first-order chi connectivity index (χ1) is 9.80. The standard InChI is InChI=1S/C18H32N2O/c1-7-19(5)12-13-20(6)14-16-8-10-17(11-9-16)15-21-18(2,3)4/h8-11H,7,12-15H2,1-6H3. The Morgan fingerprint density at radius 2 is 1.43 bits per heavy atom. The molecule has 0 bridgehead atoms. The number of hydrogen-bond donors (Lipinski definition) is 0. The summed E-state index contributed by atoms with van der Waals surface area (Å²) in [7, 11) is 4.35. The zero-order chi connectivity index (χ0) is 15.9. The van der Waals surface area contributed by atoms with Gasteiger partial charge in [0.05, 0.1) is 12.2 Å². The van der Waals surface area contributed by atoms with Crippen LogP contribution in [0.4, 0.5) is 0 Å². The summed E-state index contributed by atoms with van der Waals surface area (Å²) in [5.74, 6) is 0. The van der Waals surface area contributed by atoms with Crippen LogP contribution in [0.5, 0.6) is 0 Å². The van der Waals surface area contributed by atoms with Gasteiger partial charge in [-0.1, -0.05) is 31.2 Å². The molecule has 21 heavy (non-hydrogen) atoms. The van der Waals surface area contributed by atoms with E-state index in [-0.39, 0.29) is 5.60 Å². The lowest BCUT2D eigenvalue weighted by atomic mass is 10.1. The summed E-state index contributed by atoms with van der Waals surface area (Å²) < 4.78 is 5.80. The summed E-state index contributed by atoms with van der Waals surface area (Å²) in [6, 6.07) is 8.77. The minimum absolute atomic E-state index is 0.0792. The molecule has 0 saturated carbocycles. The molecule has 1 rings (SSSR count). The van der Waals surface area contributed by atoms with Gasteiger partial charge >= 0.3 is 0 Å². The number of likely N-dealkylation sites (N-methyl/N-ethyl adjacent to an activating group) is 2. The molecule has 0 N–H and O–H groups in total. The quantitative estimate of drug-likeness (QED) is 0.730. The normalized spacial score (nSPS) is 12.4. The first-order valence-electron chi connectivity index (χ1n) is 7.89. The van der Waals surface area contributed by atoms with Gasteiger partial charge in [-0.05, 0) is 52.5 Å². The smallest absolute Gasteiger partial charge is 0.0724 e. The zero-order valence-electron chi connectivity index (χ0n) is 14.6. The van der Waals surface area contributed by atoms with Crippen molar-refractivity contribution in [2.24, 2.45) is 0 Å². The third kappa shape index (κ3) is 8.20. The summed E-state index contributed by atoms with van der Waals surface area (Å²) in [5.41, 5.74) is 2.52. The van der Waals surface area contributed by atoms with Crippen molar-refractivity contribution in [3.8, 4) is 0 Å². The molecular formula is C18H32N2O. The minimum Gasteiger partial charge on any atom is -0.371 e. The summed E-state index contributed by atoms with van der Waals surface area (Å²) in [6.45, 7) is 13.5. The second-order valence-electron chi connectivity index (χ2n) is 6.85. The largest absolute Gasteiger partial charge is 0.371 e. The van der Waals surface area contributed by atoms with Crippen LogP contribution in [0.15, 0.2) is 24.3 Å². The Morgan fingerprint density at radius 3 is 1.95 bits per heavy atom. The van der Waals surface area contributed by atoms with Crippen molar-refractivity contribution in [1.29, 1.82) is 0 Å². The van der Waals surface area contributed by atoms with Crippen molar-refractivity contribution in [2.45, 2.75) is 46.4 Å². The van der Waals surface area contributed by atoms with E-state index in [1.54, 1.807) is 0 Å². The number of benzene rings is 1. The fourth-order valence-electron chi connectivity index (χ4n) is 1.93. The predicted molar refractivity (Wildman–Crippen MR) is 90.5 cm³/mol. The molecule has 0 aliphatic rings. The number of hydrogen-bond acceptors (Lipinski definition) is 3. The van der Waals surface area contributed by atoms with E-state index in [2.05, 4.69) is 75.9 Å². The first-order valence-corrected chi connectivity index (χ1v) is 7.89. The first kappa shape index (κ1) is 18.1. The summed E-state index contributed by atoms with van der Waals surface area (Å²) >= 11 is 0. The number of rotatable bonds is 8. The Morgan fingerprint density at radius 1 is 0.905 bits per heavy atom. The topological polar surface area (TPSA) is 15.7 Å². The average Bonchev–Trinajstić information content (AvgIpc) is 2.43. The molecule has 0 aliphatic heterocycles. The van der Waals surface area contributed by atoms with Gasteiger partial charge in [-0.3, -0.25) is 0 Å². The zero-order valence-corrected chi connectivity index (χ0v) is 14.6. The summed E-state index contributed by atoms with van der Waals surface area (Å²) in [5, 5.41) is 0. The number of ether oxygens (including phenoxy) is 1. The van der Waals surface area contributed by atoms with Gasteiger partial charge in [0.1, 0.15) is 0 Å². The highest BCUT2D eigenvalue weighted by atomic mass is 16.5. The molecule has 0 spiro atoms. The molecule has 1 aromatic rings. The van der Waals surface area contributed by atoms with Crippen molar-refractivity contribution in [2.75, 3.05) is 33.7 Å². The van der Waals surface area contributed by atoms with Crippen LogP contribution in [0.25, 0.3) is 0 Å².